The van der Waals surface area contributed by atoms with Gasteiger partial charge >= 0.3 is 6.18 Å². The van der Waals surface area contributed by atoms with Crippen molar-refractivity contribution in [3.05, 3.63) is 12.2 Å². The van der Waals surface area contributed by atoms with E-state index in [1.807, 2.05) is 0 Å². The third-order valence-electron chi connectivity index (χ3n) is 1.96. The van der Waals surface area contributed by atoms with Gasteiger partial charge in [0, 0.05) is 25.2 Å². The number of carbonyl (C=O) groups is 3. The van der Waals surface area contributed by atoms with Gasteiger partial charge in [0.15, 0.2) is 0 Å². The molecular weight excluding hydrogens is 299 g/mol. The first-order valence-corrected chi connectivity index (χ1v) is 5.52. The Bertz CT molecular complexity index is 405. The number of hydrogen-bond donors (Lipinski definition) is 4. The summed E-state index contributed by atoms with van der Waals surface area (Å²) in [6.07, 6.45) is -5.82. The summed E-state index contributed by atoms with van der Waals surface area (Å²) in [5, 5.41) is 17.1. The maximum Gasteiger partial charge on any atom is 0.439 e. The predicted molar refractivity (Wildman–Crippen MR) is 62.2 cm³/mol. The molecule has 1 aliphatic heterocycles. The summed E-state index contributed by atoms with van der Waals surface area (Å²) in [6.45, 7) is 0.416. The number of carbonyl (C=O) groups excluding carboxylic acids is 3. The molecule has 0 aromatic carbocycles. The molecule has 0 bridgehead atoms. The highest BCUT2D eigenvalue weighted by atomic mass is 19.4. The van der Waals surface area contributed by atoms with Crippen LogP contribution in [0.25, 0.3) is 0 Å². The van der Waals surface area contributed by atoms with E-state index in [0.29, 0.717) is 13.1 Å². The number of halogens is 3. The Morgan fingerprint density at radius 3 is 2.05 bits per heavy atom. The van der Waals surface area contributed by atoms with E-state index < -0.39 is 24.3 Å². The van der Waals surface area contributed by atoms with E-state index >= 15 is 0 Å². The summed E-state index contributed by atoms with van der Waals surface area (Å²) in [4.78, 5) is 34.0. The standard InChI is InChI=1S/C8H11N3O3.C2H3F3O2/c9-3-4-10-6(12)5-11-7(13)1-2-8(11)14;3-2(4,5)1(6)7/h1-2H,3-5,9H2,(H,10,12);1,6-7H. The molecule has 0 saturated heterocycles. The molecule has 5 N–H and O–H groups in total. The van der Waals surface area contributed by atoms with Crippen molar-refractivity contribution in [2.45, 2.75) is 12.5 Å². The minimum atomic E-state index is -4.89. The molecule has 0 atom stereocenters. The summed E-state index contributed by atoms with van der Waals surface area (Å²) in [5.74, 6) is -1.31. The molecule has 21 heavy (non-hydrogen) atoms. The highest BCUT2D eigenvalue weighted by Gasteiger charge is 2.36. The van der Waals surface area contributed by atoms with Crippen LogP contribution in [0.3, 0.4) is 0 Å². The molecule has 0 unspecified atom stereocenters. The molecule has 8 nitrogen and oxygen atoms in total. The average Bonchev–Trinajstić information content (AvgIpc) is 2.67. The zero-order chi connectivity index (χ0) is 16.6. The Morgan fingerprint density at radius 1 is 1.29 bits per heavy atom. The maximum atomic E-state index is 11.1. The van der Waals surface area contributed by atoms with Crippen LogP contribution < -0.4 is 11.1 Å². The average molecular weight is 313 g/mol. The van der Waals surface area contributed by atoms with Crippen LogP contribution in [-0.2, 0) is 14.4 Å². The number of amides is 3. The van der Waals surface area contributed by atoms with E-state index in [9.17, 15) is 27.6 Å². The molecule has 0 aliphatic carbocycles. The molecule has 1 heterocycles. The summed E-state index contributed by atoms with van der Waals surface area (Å²) < 4.78 is 32.0. The molecule has 1 aliphatic rings. The quantitative estimate of drug-likeness (QED) is 0.345. The van der Waals surface area contributed by atoms with Crippen molar-refractivity contribution < 1.29 is 37.8 Å². The molecule has 11 heteroatoms. The van der Waals surface area contributed by atoms with Gasteiger partial charge in [0.2, 0.25) is 5.91 Å². The summed E-state index contributed by atoms with van der Waals surface area (Å²) in [6, 6.07) is 0. The minimum absolute atomic E-state index is 0.245. The van der Waals surface area contributed by atoms with Crippen molar-refractivity contribution in [2.24, 2.45) is 5.73 Å². The second kappa shape index (κ2) is 8.34. The van der Waals surface area contributed by atoms with Gasteiger partial charge in [-0.2, -0.15) is 13.2 Å². The molecule has 3 amide bonds. The van der Waals surface area contributed by atoms with Crippen molar-refractivity contribution in [3.63, 3.8) is 0 Å². The molecule has 0 aromatic heterocycles. The van der Waals surface area contributed by atoms with Gasteiger partial charge in [0.05, 0.1) is 0 Å². The van der Waals surface area contributed by atoms with Crippen LogP contribution in [0.2, 0.25) is 0 Å². The number of nitrogens with two attached hydrogens (primary N) is 1. The molecule has 0 radical (unpaired) electrons. The largest absolute Gasteiger partial charge is 0.439 e. The number of rotatable bonds is 4. The van der Waals surface area contributed by atoms with E-state index in [1.54, 1.807) is 0 Å². The van der Waals surface area contributed by atoms with E-state index in [-0.39, 0.29) is 12.5 Å². The van der Waals surface area contributed by atoms with Crippen molar-refractivity contribution in [3.8, 4) is 0 Å². The van der Waals surface area contributed by atoms with Crippen LogP contribution in [0.1, 0.15) is 0 Å². The summed E-state index contributed by atoms with van der Waals surface area (Å²) in [5.41, 5.74) is 5.17. The van der Waals surface area contributed by atoms with Gasteiger partial charge in [-0.15, -0.1) is 0 Å². The number of alkyl halides is 3. The molecule has 0 fully saturated rings. The number of aliphatic hydroxyl groups is 2. The molecule has 120 valence electrons. The van der Waals surface area contributed by atoms with Crippen LogP contribution in [0.4, 0.5) is 13.2 Å². The lowest BCUT2D eigenvalue weighted by molar-refractivity contribution is -0.275. The van der Waals surface area contributed by atoms with Gasteiger partial charge in [-0.25, -0.2) is 0 Å². The van der Waals surface area contributed by atoms with E-state index in [1.165, 1.54) is 0 Å². The minimum Gasteiger partial charge on any atom is -0.361 e. The highest BCUT2D eigenvalue weighted by molar-refractivity contribution is 6.14. The Morgan fingerprint density at radius 2 is 1.71 bits per heavy atom. The smallest absolute Gasteiger partial charge is 0.361 e. The third-order valence-corrected chi connectivity index (χ3v) is 1.96. The van der Waals surface area contributed by atoms with E-state index in [0.717, 1.165) is 17.1 Å². The zero-order valence-electron chi connectivity index (χ0n) is 10.6. The van der Waals surface area contributed by atoms with E-state index in [4.69, 9.17) is 15.9 Å². The van der Waals surface area contributed by atoms with Crippen molar-refractivity contribution in [1.82, 2.24) is 10.2 Å². The lowest BCUT2D eigenvalue weighted by Crippen LogP contribution is -2.41. The lowest BCUT2D eigenvalue weighted by Gasteiger charge is -2.12. The molecular formula is C10H14F3N3O5. The summed E-state index contributed by atoms with van der Waals surface area (Å²) >= 11 is 0. The fourth-order valence-corrected chi connectivity index (χ4v) is 0.998. The molecule has 0 aromatic rings. The van der Waals surface area contributed by atoms with Gasteiger partial charge in [-0.3, -0.25) is 19.3 Å². The fraction of sp³-hybridized carbons (Fsp3) is 0.500. The van der Waals surface area contributed by atoms with Crippen molar-refractivity contribution in [1.29, 1.82) is 0 Å². The third kappa shape index (κ3) is 7.39. The second-order valence-corrected chi connectivity index (χ2v) is 3.65. The number of hydrogen-bond acceptors (Lipinski definition) is 6. The highest BCUT2D eigenvalue weighted by Crippen LogP contribution is 2.17. The number of nitrogens with one attached hydrogen (secondary N) is 1. The van der Waals surface area contributed by atoms with Crippen molar-refractivity contribution in [2.75, 3.05) is 19.6 Å². The molecule has 0 spiro atoms. The van der Waals surface area contributed by atoms with Gasteiger partial charge in [0.25, 0.3) is 18.1 Å². The van der Waals surface area contributed by atoms with Crippen molar-refractivity contribution >= 4 is 17.7 Å². The first kappa shape index (κ1) is 19.0. The van der Waals surface area contributed by atoms with Gasteiger partial charge in [-0.1, -0.05) is 0 Å². The van der Waals surface area contributed by atoms with Gasteiger partial charge in [-0.05, 0) is 0 Å². The molecule has 0 saturated carbocycles. The second-order valence-electron chi connectivity index (χ2n) is 3.65. The Labute approximate surface area is 117 Å². The fourth-order valence-electron chi connectivity index (χ4n) is 0.998. The van der Waals surface area contributed by atoms with Crippen LogP contribution in [-0.4, -0.2) is 64.9 Å². The van der Waals surface area contributed by atoms with Crippen LogP contribution in [0.5, 0.6) is 0 Å². The zero-order valence-corrected chi connectivity index (χ0v) is 10.6. The SMILES string of the molecule is NCCNC(=O)CN1C(=O)C=CC1=O.OC(O)C(F)(F)F. The first-order valence-electron chi connectivity index (χ1n) is 5.52. The lowest BCUT2D eigenvalue weighted by atomic mass is 10.4. The van der Waals surface area contributed by atoms with Crippen LogP contribution >= 0.6 is 0 Å². The van der Waals surface area contributed by atoms with Gasteiger partial charge in [0.1, 0.15) is 6.54 Å². The number of aliphatic hydroxyl groups excluding tert-OH is 1. The topological polar surface area (TPSA) is 133 Å². The maximum absolute atomic E-state index is 11.1. The summed E-state index contributed by atoms with van der Waals surface area (Å²) in [7, 11) is 0. The number of nitrogens with zero attached hydrogens (tertiary/aromatic N) is 1. The van der Waals surface area contributed by atoms with Crippen LogP contribution in [0, 0.1) is 0 Å². The van der Waals surface area contributed by atoms with Crippen LogP contribution in [0.15, 0.2) is 12.2 Å². The van der Waals surface area contributed by atoms with E-state index in [2.05, 4.69) is 5.32 Å². The molecule has 1 rings (SSSR count). The monoisotopic (exact) mass is 313 g/mol. The Balaban J connectivity index is 0.000000486. The predicted octanol–water partition coefficient (Wildman–Crippen LogP) is -2.15. The Hall–Kier alpha value is -1.98. The first-order chi connectivity index (χ1) is 9.59. The number of imide groups is 1. The normalized spacial score (nSPS) is 14.3. The Kier molecular flexibility index (Phi) is 7.55. The van der Waals surface area contributed by atoms with Gasteiger partial charge < -0.3 is 21.3 Å².